The molecule has 2 saturated heterocycles. The van der Waals surface area contributed by atoms with E-state index in [1.807, 2.05) is 25.7 Å². The molecule has 7 heteroatoms. The molecule has 6 nitrogen and oxygen atoms in total. The van der Waals surface area contributed by atoms with Gasteiger partial charge in [0, 0.05) is 49.1 Å². The van der Waals surface area contributed by atoms with E-state index >= 15 is 0 Å². The second kappa shape index (κ2) is 12.4. The van der Waals surface area contributed by atoms with Crippen LogP contribution < -0.4 is 5.73 Å². The summed E-state index contributed by atoms with van der Waals surface area (Å²) in [6, 6.07) is 19.8. The molecule has 2 aliphatic rings. The van der Waals surface area contributed by atoms with Gasteiger partial charge in [-0.05, 0) is 94.8 Å². The van der Waals surface area contributed by atoms with Crippen LogP contribution >= 0.6 is 11.9 Å². The van der Waals surface area contributed by atoms with Crippen LogP contribution in [0.2, 0.25) is 0 Å². The number of carbonyl (C=O) groups excluding carboxylic acids is 1. The number of hydrogen-bond acceptors (Lipinski definition) is 6. The van der Waals surface area contributed by atoms with Crippen molar-refractivity contribution in [2.75, 3.05) is 39.8 Å². The molecular formula is C31H46N4O2S. The Hall–Kier alpha value is -2.06. The molecule has 0 radical (unpaired) electrons. The van der Waals surface area contributed by atoms with Crippen LogP contribution in [-0.2, 0) is 16.7 Å². The molecule has 0 saturated carbocycles. The molecule has 2 N–H and O–H groups in total. The summed E-state index contributed by atoms with van der Waals surface area (Å²) in [4.78, 5) is 18.6. The van der Waals surface area contributed by atoms with Crippen molar-refractivity contribution in [3.05, 3.63) is 65.7 Å². The SMILES string of the molecule is CN(CC(C)(CCN1CCC2C(CCN2C(=O)OC(C)(C)C)C1)c1ccccc1)Sc1ccc(CN)cc1. The molecule has 2 fully saturated rings. The van der Waals surface area contributed by atoms with Crippen molar-refractivity contribution >= 4 is 18.0 Å². The van der Waals surface area contributed by atoms with Crippen LogP contribution in [0.15, 0.2) is 59.5 Å². The molecule has 0 bridgehead atoms. The van der Waals surface area contributed by atoms with Crippen LogP contribution in [0.3, 0.4) is 0 Å². The zero-order chi connectivity index (χ0) is 27.3. The fraction of sp³-hybridized carbons (Fsp3) is 0.581. The number of likely N-dealkylation sites (N-methyl/N-ethyl adjacent to an activating group) is 1. The number of carbonyl (C=O) groups is 1. The first-order chi connectivity index (χ1) is 18.1. The van der Waals surface area contributed by atoms with Crippen LogP contribution in [0, 0.1) is 5.92 Å². The van der Waals surface area contributed by atoms with E-state index in [0.717, 1.165) is 57.5 Å². The third kappa shape index (κ3) is 7.53. The molecule has 3 atom stereocenters. The third-order valence-corrected chi connectivity index (χ3v) is 8.91. The van der Waals surface area contributed by atoms with Crippen molar-refractivity contribution in [3.63, 3.8) is 0 Å². The molecule has 2 aromatic carbocycles. The molecular weight excluding hydrogens is 492 g/mol. The molecule has 0 aromatic heterocycles. The quantitative estimate of drug-likeness (QED) is 0.410. The Balaban J connectivity index is 1.36. The van der Waals surface area contributed by atoms with E-state index in [9.17, 15) is 4.79 Å². The number of likely N-dealkylation sites (tertiary alicyclic amines) is 2. The predicted molar refractivity (Wildman–Crippen MR) is 157 cm³/mol. The van der Waals surface area contributed by atoms with Gasteiger partial charge in [-0.15, -0.1) is 0 Å². The number of amides is 1. The lowest BCUT2D eigenvalue weighted by Gasteiger charge is -2.40. The van der Waals surface area contributed by atoms with Gasteiger partial charge in [0.2, 0.25) is 0 Å². The predicted octanol–water partition coefficient (Wildman–Crippen LogP) is 5.76. The minimum absolute atomic E-state index is 0.0231. The van der Waals surface area contributed by atoms with Crippen molar-refractivity contribution in [2.24, 2.45) is 11.7 Å². The van der Waals surface area contributed by atoms with Gasteiger partial charge in [-0.3, -0.25) is 0 Å². The number of hydrogen-bond donors (Lipinski definition) is 1. The Bertz CT molecular complexity index is 1040. The van der Waals surface area contributed by atoms with Crippen molar-refractivity contribution in [3.8, 4) is 0 Å². The highest BCUT2D eigenvalue weighted by atomic mass is 32.2. The Labute approximate surface area is 234 Å². The summed E-state index contributed by atoms with van der Waals surface area (Å²) in [7, 11) is 2.19. The van der Waals surface area contributed by atoms with E-state index in [1.54, 1.807) is 11.9 Å². The lowest BCUT2D eigenvalue weighted by atomic mass is 9.79. The highest BCUT2D eigenvalue weighted by Gasteiger charge is 2.42. The van der Waals surface area contributed by atoms with E-state index in [4.69, 9.17) is 10.5 Å². The lowest BCUT2D eigenvalue weighted by Crippen LogP contribution is -2.49. The van der Waals surface area contributed by atoms with E-state index < -0.39 is 5.60 Å². The number of nitrogens with zero attached hydrogens (tertiary/aromatic N) is 3. The van der Waals surface area contributed by atoms with Crippen LogP contribution in [0.4, 0.5) is 4.79 Å². The molecule has 3 unspecified atom stereocenters. The van der Waals surface area contributed by atoms with Gasteiger partial charge >= 0.3 is 6.09 Å². The summed E-state index contributed by atoms with van der Waals surface area (Å²) in [5.41, 5.74) is 7.89. The number of fused-ring (bicyclic) bond motifs is 1. The van der Waals surface area contributed by atoms with Gasteiger partial charge in [0.05, 0.1) is 0 Å². The summed E-state index contributed by atoms with van der Waals surface area (Å²) in [6.45, 7) is 13.7. The number of piperidine rings is 1. The van der Waals surface area contributed by atoms with E-state index in [0.29, 0.717) is 18.5 Å². The largest absolute Gasteiger partial charge is 0.444 e. The maximum absolute atomic E-state index is 12.8. The Morgan fingerprint density at radius 2 is 1.76 bits per heavy atom. The Kier molecular flexibility index (Phi) is 9.45. The molecule has 208 valence electrons. The topological polar surface area (TPSA) is 62.0 Å². The Morgan fingerprint density at radius 3 is 2.42 bits per heavy atom. The van der Waals surface area contributed by atoms with Crippen LogP contribution in [0.5, 0.6) is 0 Å². The first-order valence-corrected chi connectivity index (χ1v) is 14.8. The second-order valence-electron chi connectivity index (χ2n) is 12.3. The van der Waals surface area contributed by atoms with Gasteiger partial charge < -0.3 is 20.3 Å². The number of rotatable bonds is 9. The Morgan fingerprint density at radius 1 is 1.05 bits per heavy atom. The smallest absolute Gasteiger partial charge is 0.410 e. The van der Waals surface area contributed by atoms with Gasteiger partial charge in [0.15, 0.2) is 0 Å². The normalized spacial score (nSPS) is 21.8. The molecule has 2 heterocycles. The molecule has 38 heavy (non-hydrogen) atoms. The minimum atomic E-state index is -0.447. The van der Waals surface area contributed by atoms with Crippen LogP contribution in [0.25, 0.3) is 0 Å². The van der Waals surface area contributed by atoms with E-state index in [-0.39, 0.29) is 11.5 Å². The van der Waals surface area contributed by atoms with Crippen LogP contribution in [-0.4, -0.2) is 71.6 Å². The average Bonchev–Trinajstić information content (AvgIpc) is 3.31. The maximum Gasteiger partial charge on any atom is 0.410 e. The molecule has 2 aromatic rings. The average molecular weight is 539 g/mol. The standard InChI is InChI=1S/C31H46N4O2S/c1-30(2,3)37-29(36)35-19-15-25-22-34(18-16-28(25)35)20-17-31(4,26-9-7-6-8-10-26)23-33(5)38-27-13-11-24(21-32)12-14-27/h6-14,25,28H,15-23,32H2,1-5H3. The molecule has 0 aliphatic carbocycles. The fourth-order valence-electron chi connectivity index (χ4n) is 5.96. The summed E-state index contributed by atoms with van der Waals surface area (Å²) in [5.74, 6) is 0.536. The molecule has 0 spiro atoms. The van der Waals surface area contributed by atoms with Gasteiger partial charge in [-0.25, -0.2) is 9.10 Å². The van der Waals surface area contributed by atoms with Crippen molar-refractivity contribution < 1.29 is 9.53 Å². The van der Waals surface area contributed by atoms with Crippen molar-refractivity contribution in [1.82, 2.24) is 14.1 Å². The highest BCUT2D eigenvalue weighted by molar-refractivity contribution is 7.97. The summed E-state index contributed by atoms with van der Waals surface area (Å²) in [6.07, 6.45) is 3.04. The number of nitrogens with two attached hydrogens (primary N) is 1. The van der Waals surface area contributed by atoms with Gasteiger partial charge in [0.25, 0.3) is 0 Å². The monoisotopic (exact) mass is 538 g/mol. The number of ether oxygens (including phenoxy) is 1. The fourth-order valence-corrected chi connectivity index (χ4v) is 6.93. The van der Waals surface area contributed by atoms with Gasteiger partial charge in [0.1, 0.15) is 5.60 Å². The highest BCUT2D eigenvalue weighted by Crippen LogP contribution is 2.36. The molecule has 1 amide bonds. The van der Waals surface area contributed by atoms with E-state index in [1.165, 1.54) is 10.5 Å². The summed E-state index contributed by atoms with van der Waals surface area (Å²) >= 11 is 1.79. The first kappa shape index (κ1) is 28.9. The zero-order valence-electron chi connectivity index (χ0n) is 23.9. The summed E-state index contributed by atoms with van der Waals surface area (Å²) < 4.78 is 8.06. The third-order valence-electron chi connectivity index (χ3n) is 7.99. The minimum Gasteiger partial charge on any atom is -0.444 e. The first-order valence-electron chi connectivity index (χ1n) is 14.0. The maximum atomic E-state index is 12.8. The second-order valence-corrected chi connectivity index (χ2v) is 13.6. The van der Waals surface area contributed by atoms with Crippen molar-refractivity contribution in [2.45, 2.75) is 75.5 Å². The van der Waals surface area contributed by atoms with Gasteiger partial charge in [-0.2, -0.15) is 0 Å². The van der Waals surface area contributed by atoms with E-state index in [2.05, 4.69) is 77.8 Å². The van der Waals surface area contributed by atoms with Crippen molar-refractivity contribution in [1.29, 1.82) is 0 Å². The summed E-state index contributed by atoms with van der Waals surface area (Å²) in [5, 5.41) is 0. The molecule has 2 aliphatic heterocycles. The van der Waals surface area contributed by atoms with Gasteiger partial charge in [-0.1, -0.05) is 49.4 Å². The number of benzene rings is 2. The lowest BCUT2D eigenvalue weighted by molar-refractivity contribution is 0.0140. The molecule has 4 rings (SSSR count). The zero-order valence-corrected chi connectivity index (χ0v) is 24.7. The van der Waals surface area contributed by atoms with Crippen LogP contribution in [0.1, 0.15) is 58.1 Å².